The molecule has 2 rings (SSSR count). The van der Waals surface area contributed by atoms with Crippen LogP contribution < -0.4 is 0 Å². The van der Waals surface area contributed by atoms with E-state index in [2.05, 4.69) is 31.2 Å². The lowest BCUT2D eigenvalue weighted by Crippen LogP contribution is -2.32. The van der Waals surface area contributed by atoms with E-state index < -0.39 is 0 Å². The SMILES string of the molecule is C[C@H]1C[C@H](/C=C/c2ccccc2)C[C@@H](CO)O1. The number of aliphatic hydroxyl groups excluding tert-OH is 1. The van der Waals surface area contributed by atoms with Crippen LogP contribution in [-0.4, -0.2) is 23.9 Å². The molecule has 92 valence electrons. The van der Waals surface area contributed by atoms with Gasteiger partial charge in [0.1, 0.15) is 0 Å². The van der Waals surface area contributed by atoms with Crippen LogP contribution in [0, 0.1) is 5.92 Å². The molecule has 0 bridgehead atoms. The first kappa shape index (κ1) is 12.3. The minimum absolute atomic E-state index is 0.00386. The molecule has 0 radical (unpaired) electrons. The fraction of sp³-hybridized carbons (Fsp3) is 0.467. The van der Waals surface area contributed by atoms with Gasteiger partial charge in [-0.2, -0.15) is 0 Å². The second-order valence-corrected chi connectivity index (χ2v) is 4.75. The molecule has 1 aromatic rings. The van der Waals surface area contributed by atoms with Gasteiger partial charge in [0.05, 0.1) is 18.8 Å². The number of ether oxygens (including phenoxy) is 1. The minimum Gasteiger partial charge on any atom is -0.394 e. The van der Waals surface area contributed by atoms with Gasteiger partial charge in [-0.15, -0.1) is 0 Å². The zero-order valence-electron chi connectivity index (χ0n) is 10.3. The van der Waals surface area contributed by atoms with Crippen molar-refractivity contribution < 1.29 is 9.84 Å². The number of allylic oxidation sites excluding steroid dienone is 1. The number of aliphatic hydroxyl groups is 1. The third-order valence-corrected chi connectivity index (χ3v) is 3.19. The summed E-state index contributed by atoms with van der Waals surface area (Å²) in [5.74, 6) is 0.510. The number of rotatable bonds is 3. The van der Waals surface area contributed by atoms with Crippen LogP contribution in [0.15, 0.2) is 36.4 Å². The molecule has 1 N–H and O–H groups in total. The standard InChI is InChI=1S/C15H20O2/c1-12-9-14(10-15(11-16)17-12)8-7-13-5-3-2-4-6-13/h2-8,12,14-16H,9-11H2,1H3/b8-7+/t12-,14-,15-/m0/s1. The van der Waals surface area contributed by atoms with Crippen molar-refractivity contribution in [3.8, 4) is 0 Å². The predicted molar refractivity (Wildman–Crippen MR) is 69.6 cm³/mol. The molecule has 1 aliphatic rings. The van der Waals surface area contributed by atoms with E-state index >= 15 is 0 Å². The van der Waals surface area contributed by atoms with Crippen LogP contribution in [0.1, 0.15) is 25.3 Å². The third-order valence-electron chi connectivity index (χ3n) is 3.19. The van der Waals surface area contributed by atoms with Crippen LogP contribution in [0.4, 0.5) is 0 Å². The molecule has 2 heteroatoms. The van der Waals surface area contributed by atoms with Gasteiger partial charge < -0.3 is 9.84 Å². The van der Waals surface area contributed by atoms with E-state index in [9.17, 15) is 0 Å². The van der Waals surface area contributed by atoms with Gasteiger partial charge in [-0.25, -0.2) is 0 Å². The Labute approximate surface area is 103 Å². The predicted octanol–water partition coefficient (Wildman–Crippen LogP) is 2.88. The molecule has 0 saturated carbocycles. The van der Waals surface area contributed by atoms with Crippen LogP contribution in [0.3, 0.4) is 0 Å². The van der Waals surface area contributed by atoms with Crippen molar-refractivity contribution in [3.05, 3.63) is 42.0 Å². The van der Waals surface area contributed by atoms with Gasteiger partial charge in [0.2, 0.25) is 0 Å². The van der Waals surface area contributed by atoms with E-state index in [1.165, 1.54) is 5.56 Å². The van der Waals surface area contributed by atoms with Crippen LogP contribution in [0.25, 0.3) is 6.08 Å². The molecule has 1 aromatic carbocycles. The average molecular weight is 232 g/mol. The van der Waals surface area contributed by atoms with Gasteiger partial charge >= 0.3 is 0 Å². The highest BCUT2D eigenvalue weighted by Crippen LogP contribution is 2.26. The molecule has 1 heterocycles. The Morgan fingerprint density at radius 3 is 2.76 bits per heavy atom. The van der Waals surface area contributed by atoms with E-state index in [0.717, 1.165) is 12.8 Å². The van der Waals surface area contributed by atoms with Crippen molar-refractivity contribution in [1.29, 1.82) is 0 Å². The third kappa shape index (κ3) is 3.69. The van der Waals surface area contributed by atoms with E-state index in [-0.39, 0.29) is 18.8 Å². The Morgan fingerprint density at radius 2 is 2.06 bits per heavy atom. The summed E-state index contributed by atoms with van der Waals surface area (Å²) in [7, 11) is 0. The Hall–Kier alpha value is -1.12. The molecule has 1 aliphatic heterocycles. The lowest BCUT2D eigenvalue weighted by Gasteiger charge is -2.31. The van der Waals surface area contributed by atoms with Crippen LogP contribution in [0.2, 0.25) is 0 Å². The minimum atomic E-state index is 0.00386. The molecule has 0 aromatic heterocycles. The molecule has 0 aliphatic carbocycles. The zero-order valence-corrected chi connectivity index (χ0v) is 10.3. The normalized spacial score (nSPS) is 29.6. The zero-order chi connectivity index (χ0) is 12.1. The molecule has 3 atom stereocenters. The Balaban J connectivity index is 1.96. The summed E-state index contributed by atoms with van der Waals surface area (Å²) in [5.41, 5.74) is 1.23. The van der Waals surface area contributed by atoms with Gasteiger partial charge in [-0.3, -0.25) is 0 Å². The maximum Gasteiger partial charge on any atom is 0.0815 e. The fourth-order valence-electron chi connectivity index (χ4n) is 2.39. The quantitative estimate of drug-likeness (QED) is 0.868. The molecule has 2 nitrogen and oxygen atoms in total. The Morgan fingerprint density at radius 1 is 1.29 bits per heavy atom. The lowest BCUT2D eigenvalue weighted by molar-refractivity contribution is -0.0754. The van der Waals surface area contributed by atoms with E-state index in [4.69, 9.17) is 9.84 Å². The van der Waals surface area contributed by atoms with Crippen molar-refractivity contribution in [2.45, 2.75) is 32.0 Å². The van der Waals surface area contributed by atoms with Gasteiger partial charge in [-0.1, -0.05) is 42.5 Å². The average Bonchev–Trinajstić information content (AvgIpc) is 2.37. The van der Waals surface area contributed by atoms with Crippen molar-refractivity contribution in [2.75, 3.05) is 6.61 Å². The summed E-state index contributed by atoms with van der Waals surface area (Å²) in [5, 5.41) is 9.16. The highest BCUT2D eigenvalue weighted by Gasteiger charge is 2.24. The first-order valence-corrected chi connectivity index (χ1v) is 6.27. The number of benzene rings is 1. The Bertz CT molecular complexity index is 358. The summed E-state index contributed by atoms with van der Waals surface area (Å²) < 4.78 is 5.63. The fourth-order valence-corrected chi connectivity index (χ4v) is 2.39. The van der Waals surface area contributed by atoms with Crippen molar-refractivity contribution >= 4 is 6.08 Å². The maximum absolute atomic E-state index is 9.16. The van der Waals surface area contributed by atoms with Crippen molar-refractivity contribution in [3.63, 3.8) is 0 Å². The van der Waals surface area contributed by atoms with Crippen molar-refractivity contribution in [2.24, 2.45) is 5.92 Å². The van der Waals surface area contributed by atoms with E-state index in [1.54, 1.807) is 0 Å². The van der Waals surface area contributed by atoms with Gasteiger partial charge in [0.15, 0.2) is 0 Å². The summed E-state index contributed by atoms with van der Waals surface area (Å²) in [6, 6.07) is 10.3. The van der Waals surface area contributed by atoms with E-state index in [0.29, 0.717) is 5.92 Å². The topological polar surface area (TPSA) is 29.5 Å². The summed E-state index contributed by atoms with van der Waals surface area (Å²) >= 11 is 0. The summed E-state index contributed by atoms with van der Waals surface area (Å²) in [6.45, 7) is 2.20. The molecule has 1 saturated heterocycles. The second-order valence-electron chi connectivity index (χ2n) is 4.75. The second kappa shape index (κ2) is 5.99. The van der Waals surface area contributed by atoms with Gasteiger partial charge in [0.25, 0.3) is 0 Å². The van der Waals surface area contributed by atoms with Gasteiger partial charge in [0, 0.05) is 0 Å². The number of hydrogen-bond donors (Lipinski definition) is 1. The maximum atomic E-state index is 9.16. The van der Waals surface area contributed by atoms with E-state index in [1.807, 2.05) is 18.2 Å². The molecular formula is C15H20O2. The molecule has 1 fully saturated rings. The van der Waals surface area contributed by atoms with Gasteiger partial charge in [-0.05, 0) is 31.2 Å². The monoisotopic (exact) mass is 232 g/mol. The highest BCUT2D eigenvalue weighted by atomic mass is 16.5. The molecule has 17 heavy (non-hydrogen) atoms. The lowest BCUT2D eigenvalue weighted by atomic mass is 9.91. The molecular weight excluding hydrogens is 212 g/mol. The van der Waals surface area contributed by atoms with Crippen LogP contribution in [0.5, 0.6) is 0 Å². The summed E-state index contributed by atoms with van der Waals surface area (Å²) in [6.07, 6.45) is 6.62. The Kier molecular flexibility index (Phi) is 4.35. The first-order chi connectivity index (χ1) is 8.28. The molecule has 0 unspecified atom stereocenters. The molecule has 0 spiro atoms. The van der Waals surface area contributed by atoms with Crippen molar-refractivity contribution in [1.82, 2.24) is 0 Å². The molecule has 0 amide bonds. The highest BCUT2D eigenvalue weighted by molar-refractivity contribution is 5.49. The summed E-state index contributed by atoms with van der Waals surface area (Å²) in [4.78, 5) is 0. The van der Waals surface area contributed by atoms with Crippen LogP contribution in [-0.2, 0) is 4.74 Å². The first-order valence-electron chi connectivity index (χ1n) is 6.27. The van der Waals surface area contributed by atoms with Crippen LogP contribution >= 0.6 is 0 Å². The number of hydrogen-bond acceptors (Lipinski definition) is 2. The largest absolute Gasteiger partial charge is 0.394 e. The smallest absolute Gasteiger partial charge is 0.0815 e.